The molecule has 0 saturated heterocycles. The molecule has 2 rings (SSSR count). The van der Waals surface area contributed by atoms with Crippen LogP contribution in [0.5, 0.6) is 0 Å². The van der Waals surface area contributed by atoms with Gasteiger partial charge in [0, 0.05) is 0 Å². The number of hydrogen-bond acceptors (Lipinski definition) is 1. The van der Waals surface area contributed by atoms with Crippen molar-refractivity contribution in [1.29, 1.82) is 0 Å². The summed E-state index contributed by atoms with van der Waals surface area (Å²) in [6.07, 6.45) is 1.16. The minimum absolute atomic E-state index is 1.09. The lowest BCUT2D eigenvalue weighted by Crippen LogP contribution is -2.43. The van der Waals surface area contributed by atoms with Gasteiger partial charge in [0.15, 0.2) is 0 Å². The maximum Gasteiger partial charge on any atom is 0.121 e. The molecule has 0 unspecified atom stereocenters. The lowest BCUT2D eigenvalue weighted by Gasteiger charge is -2.30. The van der Waals surface area contributed by atoms with E-state index in [4.69, 9.17) is 0 Å². The number of rotatable bonds is 6. The summed E-state index contributed by atoms with van der Waals surface area (Å²) >= 11 is 0. The summed E-state index contributed by atoms with van der Waals surface area (Å²) < 4.78 is 2.43. The Balaban J connectivity index is 2.03. The molecule has 0 bridgehead atoms. The third-order valence-corrected chi connectivity index (χ3v) is 8.56. The molecule has 0 spiro atoms. The zero-order valence-corrected chi connectivity index (χ0v) is 15.3. The van der Waals surface area contributed by atoms with Gasteiger partial charge >= 0.3 is 0 Å². The monoisotopic (exact) mass is 309 g/mol. The molecule has 22 heavy (non-hydrogen) atoms. The van der Waals surface area contributed by atoms with E-state index in [1.54, 1.807) is 0 Å². The molecule has 0 aliphatic carbocycles. The fourth-order valence-corrected chi connectivity index (χ4v) is 3.70. The van der Waals surface area contributed by atoms with Gasteiger partial charge in [0.1, 0.15) is 8.24 Å². The maximum atomic E-state index is 4.23. The van der Waals surface area contributed by atoms with Crippen molar-refractivity contribution in [1.82, 2.24) is 4.57 Å². The molecule has 0 N–H and O–H groups in total. The zero-order valence-electron chi connectivity index (χ0n) is 14.3. The predicted octanol–water partition coefficient (Wildman–Crippen LogP) is 5.06. The average Bonchev–Trinajstić information content (AvgIpc) is 2.53. The Morgan fingerprint density at radius 1 is 0.909 bits per heavy atom. The highest BCUT2D eigenvalue weighted by Gasteiger charge is 2.22. The summed E-state index contributed by atoms with van der Waals surface area (Å²) in [4.78, 5) is 0. The van der Waals surface area contributed by atoms with Crippen LogP contribution < -0.4 is 0 Å². The number of benzene rings is 2. The Bertz CT molecular complexity index is 612. The number of hydrogen-bond donors (Lipinski definition) is 0. The summed E-state index contributed by atoms with van der Waals surface area (Å²) in [5.41, 5.74) is 4.91. The summed E-state index contributed by atoms with van der Waals surface area (Å²) in [6.45, 7) is 9.09. The molecule has 0 radical (unpaired) electrons. The molecule has 0 saturated carbocycles. The smallest absolute Gasteiger partial charge is 0.121 e. The minimum atomic E-state index is -1.24. The highest BCUT2D eigenvalue weighted by atomic mass is 28.3. The Morgan fingerprint density at radius 2 is 1.45 bits per heavy atom. The van der Waals surface area contributed by atoms with Crippen molar-refractivity contribution in [2.24, 2.45) is 0 Å². The normalized spacial score (nSPS) is 11.7. The van der Waals surface area contributed by atoms with Gasteiger partial charge in [-0.25, -0.2) is 0 Å². The van der Waals surface area contributed by atoms with Crippen molar-refractivity contribution in [3.05, 3.63) is 77.9 Å². The van der Waals surface area contributed by atoms with Gasteiger partial charge in [-0.1, -0.05) is 74.3 Å². The molecule has 0 heterocycles. The van der Waals surface area contributed by atoms with E-state index in [9.17, 15) is 0 Å². The van der Waals surface area contributed by atoms with Crippen LogP contribution in [0.15, 0.2) is 61.2 Å². The fraction of sp³-hybridized carbons (Fsp3) is 0.300. The summed E-state index contributed by atoms with van der Waals surface area (Å²) in [7, 11) is 3.18. The molecule has 116 valence electrons. The molecule has 1 nitrogen and oxygen atoms in total. The van der Waals surface area contributed by atoms with E-state index < -0.39 is 8.24 Å². The maximum absolute atomic E-state index is 4.23. The van der Waals surface area contributed by atoms with E-state index in [0.29, 0.717) is 0 Å². The predicted molar refractivity (Wildman–Crippen MR) is 101 cm³/mol. The molecule has 2 aromatic rings. The van der Waals surface area contributed by atoms with Crippen molar-refractivity contribution >= 4 is 13.8 Å². The van der Waals surface area contributed by atoms with Crippen LogP contribution in [0.4, 0.5) is 0 Å². The Labute approximate surface area is 136 Å². The van der Waals surface area contributed by atoms with Gasteiger partial charge in [-0.2, -0.15) is 0 Å². The third kappa shape index (κ3) is 4.18. The van der Waals surface area contributed by atoms with Crippen LogP contribution in [-0.4, -0.2) is 26.9 Å². The molecule has 2 aromatic carbocycles. The number of aryl methyl sites for hydroxylation is 1. The molecule has 0 aromatic heterocycles. The van der Waals surface area contributed by atoms with Crippen molar-refractivity contribution in [2.75, 3.05) is 14.1 Å². The van der Waals surface area contributed by atoms with E-state index in [1.807, 2.05) is 6.07 Å². The first-order valence-electron chi connectivity index (χ1n) is 7.91. The molecule has 0 amide bonds. The Morgan fingerprint density at radius 3 is 2.00 bits per heavy atom. The molecule has 0 fully saturated rings. The average molecular weight is 310 g/mol. The van der Waals surface area contributed by atoms with Gasteiger partial charge in [-0.15, -0.1) is 0 Å². The molecule has 2 heteroatoms. The van der Waals surface area contributed by atoms with Gasteiger partial charge in [-0.05, 0) is 48.8 Å². The number of nitrogens with zero attached hydrogens (tertiary/aromatic N) is 1. The summed E-state index contributed by atoms with van der Waals surface area (Å²) in [5, 5.41) is 0. The van der Waals surface area contributed by atoms with Crippen LogP contribution in [0.1, 0.15) is 16.7 Å². The second-order valence-corrected chi connectivity index (χ2v) is 11.8. The molecule has 0 atom stereocenters. The highest BCUT2D eigenvalue weighted by molar-refractivity contribution is 6.74. The van der Waals surface area contributed by atoms with Crippen molar-refractivity contribution in [3.63, 3.8) is 0 Å². The van der Waals surface area contributed by atoms with Gasteiger partial charge in [-0.3, -0.25) is 0 Å². The van der Waals surface area contributed by atoms with Gasteiger partial charge in [0.05, 0.1) is 0 Å². The largest absolute Gasteiger partial charge is 0.329 e. The molecule has 0 aliphatic rings. The van der Waals surface area contributed by atoms with E-state index in [0.717, 1.165) is 12.0 Å². The lowest BCUT2D eigenvalue weighted by molar-refractivity contribution is 0.615. The van der Waals surface area contributed by atoms with Gasteiger partial charge in [0.2, 0.25) is 0 Å². The minimum Gasteiger partial charge on any atom is -0.329 e. The third-order valence-electron chi connectivity index (χ3n) is 4.66. The van der Waals surface area contributed by atoms with Crippen LogP contribution in [0.3, 0.4) is 0 Å². The van der Waals surface area contributed by atoms with Crippen LogP contribution in [0, 0.1) is 0 Å². The fourth-order valence-electron chi connectivity index (χ4n) is 2.35. The van der Waals surface area contributed by atoms with Gasteiger partial charge < -0.3 is 4.57 Å². The first-order chi connectivity index (χ1) is 10.4. The summed E-state index contributed by atoms with van der Waals surface area (Å²) in [5.74, 6) is 0. The topological polar surface area (TPSA) is 3.24 Å². The second-order valence-electron chi connectivity index (χ2n) is 6.75. The molecular weight excluding hydrogens is 282 g/mol. The van der Waals surface area contributed by atoms with Crippen molar-refractivity contribution in [3.8, 4) is 0 Å². The second kappa shape index (κ2) is 7.08. The van der Waals surface area contributed by atoms with Crippen LogP contribution in [0.25, 0.3) is 5.57 Å². The van der Waals surface area contributed by atoms with Crippen molar-refractivity contribution < 1.29 is 0 Å². The van der Waals surface area contributed by atoms with E-state index in [-0.39, 0.29) is 0 Å². The van der Waals surface area contributed by atoms with Crippen LogP contribution in [-0.2, 0) is 6.42 Å². The van der Waals surface area contributed by atoms with E-state index in [1.165, 1.54) is 22.7 Å². The first kappa shape index (κ1) is 16.7. The first-order valence-corrected chi connectivity index (χ1v) is 11.1. The van der Waals surface area contributed by atoms with Crippen molar-refractivity contribution in [2.45, 2.75) is 25.6 Å². The van der Waals surface area contributed by atoms with E-state index >= 15 is 0 Å². The molecular formula is C20H27NSi. The molecule has 0 aliphatic heterocycles. The van der Waals surface area contributed by atoms with Crippen LogP contribution in [0.2, 0.25) is 19.1 Å². The van der Waals surface area contributed by atoms with Gasteiger partial charge in [0.25, 0.3) is 0 Å². The SMILES string of the molecule is C=C(c1ccccc1)c1ccc(CC[Si](C)(C)N(C)C)cc1. The standard InChI is InChI=1S/C20H27NSi/c1-17(19-9-7-6-8-10-19)20-13-11-18(12-14-20)15-16-22(4,5)21(2)3/h6-14H,1,15-16H2,2-5H3. The zero-order chi connectivity index (χ0) is 16.2. The Kier molecular flexibility index (Phi) is 5.38. The van der Waals surface area contributed by atoms with E-state index in [2.05, 4.69) is 86.9 Å². The van der Waals surface area contributed by atoms with Crippen LogP contribution >= 0.6 is 0 Å². The Hall–Kier alpha value is -1.64. The lowest BCUT2D eigenvalue weighted by atomic mass is 9.98. The highest BCUT2D eigenvalue weighted by Crippen LogP contribution is 2.23. The quantitative estimate of drug-likeness (QED) is 0.674. The summed E-state index contributed by atoms with van der Waals surface area (Å²) in [6, 6.07) is 20.6.